The first-order chi connectivity index (χ1) is 15.0. The van der Waals surface area contributed by atoms with E-state index in [2.05, 4.69) is 44.2 Å². The van der Waals surface area contributed by atoms with Crippen molar-refractivity contribution in [2.24, 2.45) is 0 Å². The molecular formula is C23H32F2N4O2Si. The van der Waals surface area contributed by atoms with Crippen molar-refractivity contribution in [1.29, 1.82) is 0 Å². The Morgan fingerprint density at radius 2 is 1.81 bits per heavy atom. The summed E-state index contributed by atoms with van der Waals surface area (Å²) in [5.74, 6) is -0.572. The molecule has 32 heavy (non-hydrogen) atoms. The molecule has 2 aromatic rings. The van der Waals surface area contributed by atoms with Gasteiger partial charge in [0.25, 0.3) is 8.32 Å². The number of amides is 2. The summed E-state index contributed by atoms with van der Waals surface area (Å²) >= 11 is 0. The number of anilines is 2. The zero-order valence-corrected chi connectivity index (χ0v) is 20.4. The number of halogens is 2. The Morgan fingerprint density at radius 3 is 2.44 bits per heavy atom. The molecular weight excluding hydrogens is 430 g/mol. The van der Waals surface area contributed by atoms with Gasteiger partial charge in [0.15, 0.2) is 11.6 Å². The second kappa shape index (κ2) is 9.44. The van der Waals surface area contributed by atoms with Gasteiger partial charge in [-0.05, 0) is 48.8 Å². The van der Waals surface area contributed by atoms with Gasteiger partial charge in [0, 0.05) is 37.9 Å². The van der Waals surface area contributed by atoms with Gasteiger partial charge in [0.1, 0.15) is 11.6 Å². The Hall–Kier alpha value is -2.68. The quantitative estimate of drug-likeness (QED) is 0.611. The van der Waals surface area contributed by atoms with Crippen LogP contribution in [0, 0.1) is 11.6 Å². The van der Waals surface area contributed by atoms with E-state index in [1.165, 1.54) is 6.07 Å². The van der Waals surface area contributed by atoms with Gasteiger partial charge >= 0.3 is 6.03 Å². The zero-order chi connectivity index (χ0) is 23.5. The summed E-state index contributed by atoms with van der Waals surface area (Å²) in [5.41, 5.74) is 0.616. The standard InChI is InChI=1S/C23H32F2N4O2Si/c1-23(2,3)32(4,5)31-18-8-10-21(26-16-18)27-22(30)29-12-6-11-28(13-14-29)17-7-9-19(24)20(25)15-17/h7-10,15-16H,6,11-14H2,1-5H3,(H,26,27,30). The Morgan fingerprint density at radius 1 is 1.06 bits per heavy atom. The highest BCUT2D eigenvalue weighted by Crippen LogP contribution is 2.37. The molecule has 0 saturated carbocycles. The maximum atomic E-state index is 13.6. The molecule has 1 aliphatic rings. The zero-order valence-electron chi connectivity index (χ0n) is 19.4. The van der Waals surface area contributed by atoms with Crippen LogP contribution < -0.4 is 14.6 Å². The fourth-order valence-corrected chi connectivity index (χ4v) is 4.23. The lowest BCUT2D eigenvalue weighted by molar-refractivity contribution is 0.215. The number of nitrogens with one attached hydrogen (secondary N) is 1. The van der Waals surface area contributed by atoms with E-state index < -0.39 is 20.0 Å². The second-order valence-electron chi connectivity index (χ2n) is 9.60. The SMILES string of the molecule is CC(C)(C)[Si](C)(C)Oc1ccc(NC(=O)N2CCCN(c3ccc(F)c(F)c3)CC2)nc1. The number of rotatable bonds is 4. The van der Waals surface area contributed by atoms with E-state index in [0.717, 1.165) is 12.5 Å². The summed E-state index contributed by atoms with van der Waals surface area (Å²) in [4.78, 5) is 20.7. The smallest absolute Gasteiger partial charge is 0.323 e. The normalized spacial score (nSPS) is 15.3. The molecule has 2 amide bonds. The number of aromatic nitrogens is 1. The number of hydrogen-bond acceptors (Lipinski definition) is 4. The summed E-state index contributed by atoms with van der Waals surface area (Å²) < 4.78 is 33.0. The topological polar surface area (TPSA) is 57.7 Å². The molecule has 1 aliphatic heterocycles. The van der Waals surface area contributed by atoms with Gasteiger partial charge < -0.3 is 14.2 Å². The third kappa shape index (κ3) is 5.76. The molecule has 0 unspecified atom stereocenters. The van der Waals surface area contributed by atoms with Crippen molar-refractivity contribution in [2.45, 2.75) is 45.3 Å². The number of pyridine rings is 1. The van der Waals surface area contributed by atoms with Gasteiger partial charge in [-0.1, -0.05) is 20.8 Å². The highest BCUT2D eigenvalue weighted by atomic mass is 28.4. The van der Waals surface area contributed by atoms with E-state index in [0.29, 0.717) is 43.4 Å². The van der Waals surface area contributed by atoms with Crippen molar-refractivity contribution in [1.82, 2.24) is 9.88 Å². The van der Waals surface area contributed by atoms with Crippen molar-refractivity contribution in [3.05, 3.63) is 48.2 Å². The van der Waals surface area contributed by atoms with Crippen molar-refractivity contribution >= 4 is 25.9 Å². The summed E-state index contributed by atoms with van der Waals surface area (Å²) in [7, 11) is -1.95. The molecule has 0 aliphatic carbocycles. The van der Waals surface area contributed by atoms with E-state index >= 15 is 0 Å². The number of urea groups is 1. The Kier molecular flexibility index (Phi) is 7.07. The summed E-state index contributed by atoms with van der Waals surface area (Å²) in [5, 5.41) is 2.92. The molecule has 174 valence electrons. The Balaban J connectivity index is 1.57. The van der Waals surface area contributed by atoms with Gasteiger partial charge in [-0.3, -0.25) is 5.32 Å². The van der Waals surface area contributed by atoms with E-state index in [1.54, 1.807) is 23.2 Å². The average molecular weight is 463 g/mol. The van der Waals surface area contributed by atoms with E-state index in [-0.39, 0.29) is 11.1 Å². The lowest BCUT2D eigenvalue weighted by atomic mass is 10.2. The van der Waals surface area contributed by atoms with Crippen molar-refractivity contribution in [2.75, 3.05) is 36.4 Å². The van der Waals surface area contributed by atoms with Crippen LogP contribution in [0.5, 0.6) is 5.75 Å². The average Bonchev–Trinajstić information content (AvgIpc) is 2.97. The summed E-state index contributed by atoms with van der Waals surface area (Å²) in [6.45, 7) is 13.1. The molecule has 0 bridgehead atoms. The van der Waals surface area contributed by atoms with Crippen molar-refractivity contribution in [3.8, 4) is 5.75 Å². The molecule has 1 N–H and O–H groups in total. The van der Waals surface area contributed by atoms with Gasteiger partial charge in [0.05, 0.1) is 6.20 Å². The maximum absolute atomic E-state index is 13.6. The predicted octanol–water partition coefficient (Wildman–Crippen LogP) is 5.49. The van der Waals surface area contributed by atoms with Crippen LogP contribution in [0.1, 0.15) is 27.2 Å². The molecule has 1 saturated heterocycles. The minimum absolute atomic E-state index is 0.0836. The molecule has 2 heterocycles. The fourth-order valence-electron chi connectivity index (χ4n) is 3.21. The van der Waals surface area contributed by atoms with Crippen LogP contribution in [0.3, 0.4) is 0 Å². The van der Waals surface area contributed by atoms with Crippen LogP contribution in [0.25, 0.3) is 0 Å². The Labute approximate surface area is 189 Å². The van der Waals surface area contributed by atoms with Crippen LogP contribution in [-0.2, 0) is 0 Å². The first-order valence-electron chi connectivity index (χ1n) is 10.9. The molecule has 0 atom stereocenters. The maximum Gasteiger partial charge on any atom is 0.323 e. The Bertz CT molecular complexity index is 948. The number of nitrogens with zero attached hydrogens (tertiary/aromatic N) is 3. The molecule has 1 fully saturated rings. The van der Waals surface area contributed by atoms with E-state index in [1.807, 2.05) is 11.0 Å². The van der Waals surface area contributed by atoms with Gasteiger partial charge in [-0.25, -0.2) is 18.6 Å². The van der Waals surface area contributed by atoms with Crippen LogP contribution in [0.4, 0.5) is 25.1 Å². The molecule has 0 radical (unpaired) electrons. The first kappa shape index (κ1) is 24.0. The third-order valence-electron chi connectivity index (χ3n) is 6.20. The monoisotopic (exact) mass is 462 g/mol. The third-order valence-corrected chi connectivity index (χ3v) is 10.6. The summed E-state index contributed by atoms with van der Waals surface area (Å²) in [6.07, 6.45) is 2.36. The molecule has 0 spiro atoms. The molecule has 1 aromatic carbocycles. The number of carbonyl (C=O) groups is 1. The molecule has 1 aromatic heterocycles. The van der Waals surface area contributed by atoms with Crippen LogP contribution in [0.2, 0.25) is 18.1 Å². The van der Waals surface area contributed by atoms with Crippen molar-refractivity contribution in [3.63, 3.8) is 0 Å². The van der Waals surface area contributed by atoms with Gasteiger partial charge in [-0.15, -0.1) is 0 Å². The van der Waals surface area contributed by atoms with Crippen LogP contribution >= 0.6 is 0 Å². The highest BCUT2D eigenvalue weighted by molar-refractivity contribution is 6.74. The van der Waals surface area contributed by atoms with Crippen LogP contribution in [-0.4, -0.2) is 50.4 Å². The first-order valence-corrected chi connectivity index (χ1v) is 13.8. The van der Waals surface area contributed by atoms with E-state index in [4.69, 9.17) is 4.43 Å². The lowest BCUT2D eigenvalue weighted by Gasteiger charge is -2.36. The fraction of sp³-hybridized carbons (Fsp3) is 0.478. The minimum Gasteiger partial charge on any atom is -0.542 e. The predicted molar refractivity (Wildman–Crippen MR) is 126 cm³/mol. The highest BCUT2D eigenvalue weighted by Gasteiger charge is 2.39. The second-order valence-corrected chi connectivity index (χ2v) is 14.3. The summed E-state index contributed by atoms with van der Waals surface area (Å²) in [6, 6.07) is 7.22. The lowest BCUT2D eigenvalue weighted by Crippen LogP contribution is -2.43. The van der Waals surface area contributed by atoms with Gasteiger partial charge in [0.2, 0.25) is 0 Å². The minimum atomic E-state index is -1.95. The number of hydrogen-bond donors (Lipinski definition) is 1. The number of benzene rings is 1. The van der Waals surface area contributed by atoms with Crippen molar-refractivity contribution < 1.29 is 18.0 Å². The molecule has 6 nitrogen and oxygen atoms in total. The number of carbonyl (C=O) groups excluding carboxylic acids is 1. The van der Waals surface area contributed by atoms with Crippen LogP contribution in [0.15, 0.2) is 36.5 Å². The molecule has 3 rings (SSSR count). The van der Waals surface area contributed by atoms with E-state index in [9.17, 15) is 13.6 Å². The largest absolute Gasteiger partial charge is 0.542 e. The van der Waals surface area contributed by atoms with Gasteiger partial charge in [-0.2, -0.15) is 0 Å². The molecule has 9 heteroatoms.